The summed E-state index contributed by atoms with van der Waals surface area (Å²) in [6.45, 7) is 4.45. The highest BCUT2D eigenvalue weighted by Crippen LogP contribution is 2.04. The number of rotatable bonds is 2. The van der Waals surface area contributed by atoms with Gasteiger partial charge in [-0.15, -0.1) is 0 Å². The van der Waals surface area contributed by atoms with Gasteiger partial charge in [0, 0.05) is 12.4 Å². The summed E-state index contributed by atoms with van der Waals surface area (Å²) in [5, 5.41) is 0. The second-order valence-electron chi connectivity index (χ2n) is 2.95. The molecule has 1 rings (SSSR count). The second-order valence-corrected chi connectivity index (χ2v) is 2.95. The molecular weight excluding hydrogens is 136 g/mol. The number of aromatic nitrogens is 1. The quantitative estimate of drug-likeness (QED) is 0.707. The van der Waals surface area contributed by atoms with Gasteiger partial charge in [-0.2, -0.15) is 0 Å². The summed E-state index contributed by atoms with van der Waals surface area (Å²) < 4.78 is 0. The maximum Gasteiger partial charge on any atom is 0.0270 e. The van der Waals surface area contributed by atoms with E-state index in [1.807, 2.05) is 12.4 Å². The third-order valence-electron chi connectivity index (χ3n) is 1.39. The Hall–Kier alpha value is -0.890. The maximum absolute atomic E-state index is 3.95. The Morgan fingerprint density at radius 1 is 1.27 bits per heavy atom. The average molecular weight is 152 g/mol. The molecule has 0 radical (unpaired) electrons. The molecule has 1 aromatic heterocycles. The van der Waals surface area contributed by atoms with Crippen molar-refractivity contribution >= 4 is 0 Å². The molecule has 0 unspecified atom stereocenters. The van der Waals surface area contributed by atoms with Crippen LogP contribution in [-0.4, -0.2) is 4.98 Å². The molecule has 2 heteroatoms. The molecule has 0 aliphatic carbocycles. The number of pyridine rings is 1. The van der Waals surface area contributed by atoms with Gasteiger partial charge in [0.15, 0.2) is 0 Å². The van der Waals surface area contributed by atoms with Crippen LogP contribution in [0.4, 0.5) is 0 Å². The van der Waals surface area contributed by atoms with Crippen molar-refractivity contribution in [3.05, 3.63) is 30.1 Å². The van der Waals surface area contributed by atoms with E-state index in [9.17, 15) is 0 Å². The van der Waals surface area contributed by atoms with Crippen LogP contribution in [0.25, 0.3) is 0 Å². The molecular formula is C9H16N2. The summed E-state index contributed by atoms with van der Waals surface area (Å²) in [4.78, 5) is 3.95. The molecule has 0 saturated carbocycles. The topological polar surface area (TPSA) is 47.9 Å². The molecule has 2 nitrogen and oxygen atoms in total. The van der Waals surface area contributed by atoms with E-state index in [0.717, 1.165) is 12.3 Å². The van der Waals surface area contributed by atoms with Crippen molar-refractivity contribution in [2.75, 3.05) is 0 Å². The fourth-order valence-corrected chi connectivity index (χ4v) is 0.990. The molecule has 0 aliphatic heterocycles. The average Bonchev–Trinajstić information content (AvgIpc) is 1.88. The van der Waals surface area contributed by atoms with Crippen LogP contribution in [0.2, 0.25) is 0 Å². The first kappa shape index (κ1) is 10.1. The van der Waals surface area contributed by atoms with Crippen LogP contribution in [0, 0.1) is 5.92 Å². The predicted molar refractivity (Wildman–Crippen MR) is 47.8 cm³/mol. The van der Waals surface area contributed by atoms with E-state index in [4.69, 9.17) is 0 Å². The molecule has 0 amide bonds. The molecule has 62 valence electrons. The highest BCUT2D eigenvalue weighted by molar-refractivity contribution is 5.09. The number of hydrogen-bond acceptors (Lipinski definition) is 2. The van der Waals surface area contributed by atoms with Crippen molar-refractivity contribution in [3.8, 4) is 0 Å². The minimum Gasteiger partial charge on any atom is -0.344 e. The Labute approximate surface area is 68.2 Å². The Morgan fingerprint density at radius 3 is 2.27 bits per heavy atom. The summed E-state index contributed by atoms with van der Waals surface area (Å²) in [6.07, 6.45) is 4.85. The largest absolute Gasteiger partial charge is 0.344 e. The third kappa shape index (κ3) is 3.73. The standard InChI is InChI=1S/C9H13N.H3N/c1-8(2)7-9-3-5-10-6-4-9;/h3-6,8H,7H2,1-2H3;1H3. The molecule has 0 spiro atoms. The molecule has 0 atom stereocenters. The smallest absolute Gasteiger partial charge is 0.0270 e. The molecule has 0 bridgehead atoms. The Morgan fingerprint density at radius 2 is 1.82 bits per heavy atom. The molecule has 0 aromatic carbocycles. The zero-order chi connectivity index (χ0) is 7.40. The molecule has 1 aromatic rings. The second kappa shape index (κ2) is 4.85. The molecule has 1 heterocycles. The normalized spacial score (nSPS) is 9.36. The maximum atomic E-state index is 3.95. The Bertz CT molecular complexity index is 182. The van der Waals surface area contributed by atoms with Crippen molar-refractivity contribution in [2.45, 2.75) is 20.3 Å². The predicted octanol–water partition coefficient (Wildman–Crippen LogP) is 2.44. The van der Waals surface area contributed by atoms with Crippen LogP contribution in [0.15, 0.2) is 24.5 Å². The minimum absolute atomic E-state index is 0. The zero-order valence-electron chi connectivity index (χ0n) is 7.25. The lowest BCUT2D eigenvalue weighted by molar-refractivity contribution is 0.647. The fraction of sp³-hybridized carbons (Fsp3) is 0.444. The van der Waals surface area contributed by atoms with Crippen LogP contribution in [0.5, 0.6) is 0 Å². The minimum atomic E-state index is 0. The van der Waals surface area contributed by atoms with Gasteiger partial charge in [-0.05, 0) is 30.0 Å². The van der Waals surface area contributed by atoms with Gasteiger partial charge in [0.05, 0.1) is 0 Å². The Kier molecular flexibility index (Phi) is 4.46. The number of nitrogens with zero attached hydrogens (tertiary/aromatic N) is 1. The van der Waals surface area contributed by atoms with Gasteiger partial charge in [0.2, 0.25) is 0 Å². The SMILES string of the molecule is CC(C)Cc1ccncc1.N. The molecule has 0 saturated heterocycles. The van der Waals surface area contributed by atoms with Crippen LogP contribution >= 0.6 is 0 Å². The van der Waals surface area contributed by atoms with E-state index in [1.54, 1.807) is 0 Å². The van der Waals surface area contributed by atoms with E-state index in [2.05, 4.69) is 31.0 Å². The lowest BCUT2D eigenvalue weighted by Crippen LogP contribution is -1.92. The van der Waals surface area contributed by atoms with E-state index < -0.39 is 0 Å². The van der Waals surface area contributed by atoms with Crippen LogP contribution in [-0.2, 0) is 6.42 Å². The van der Waals surface area contributed by atoms with Gasteiger partial charge in [-0.3, -0.25) is 4.98 Å². The van der Waals surface area contributed by atoms with Crippen LogP contribution in [0.3, 0.4) is 0 Å². The van der Waals surface area contributed by atoms with Crippen molar-refractivity contribution < 1.29 is 0 Å². The fourth-order valence-electron chi connectivity index (χ4n) is 0.990. The van der Waals surface area contributed by atoms with Crippen molar-refractivity contribution in [1.82, 2.24) is 11.1 Å². The lowest BCUT2D eigenvalue weighted by Gasteiger charge is -2.02. The van der Waals surface area contributed by atoms with Gasteiger partial charge < -0.3 is 6.15 Å². The first-order valence-electron chi connectivity index (χ1n) is 3.68. The summed E-state index contributed by atoms with van der Waals surface area (Å²) in [5.74, 6) is 0.738. The number of hydrogen-bond donors (Lipinski definition) is 1. The van der Waals surface area contributed by atoms with Gasteiger partial charge in [0.1, 0.15) is 0 Å². The van der Waals surface area contributed by atoms with Gasteiger partial charge in [-0.25, -0.2) is 0 Å². The summed E-state index contributed by atoms with van der Waals surface area (Å²) >= 11 is 0. The van der Waals surface area contributed by atoms with Crippen molar-refractivity contribution in [2.24, 2.45) is 5.92 Å². The van der Waals surface area contributed by atoms with E-state index in [0.29, 0.717) is 0 Å². The van der Waals surface area contributed by atoms with E-state index in [1.165, 1.54) is 5.56 Å². The first-order valence-corrected chi connectivity index (χ1v) is 3.68. The Balaban J connectivity index is 0.000001000. The van der Waals surface area contributed by atoms with Crippen molar-refractivity contribution in [3.63, 3.8) is 0 Å². The van der Waals surface area contributed by atoms with E-state index >= 15 is 0 Å². The molecule has 11 heavy (non-hydrogen) atoms. The third-order valence-corrected chi connectivity index (χ3v) is 1.39. The van der Waals surface area contributed by atoms with Crippen molar-refractivity contribution in [1.29, 1.82) is 0 Å². The van der Waals surface area contributed by atoms with Crippen LogP contribution < -0.4 is 6.15 Å². The molecule has 3 N–H and O–H groups in total. The van der Waals surface area contributed by atoms with E-state index in [-0.39, 0.29) is 6.15 Å². The summed E-state index contributed by atoms with van der Waals surface area (Å²) in [7, 11) is 0. The van der Waals surface area contributed by atoms with Gasteiger partial charge in [-0.1, -0.05) is 13.8 Å². The zero-order valence-corrected chi connectivity index (χ0v) is 7.25. The van der Waals surface area contributed by atoms with Gasteiger partial charge in [0.25, 0.3) is 0 Å². The highest BCUT2D eigenvalue weighted by atomic mass is 14.6. The van der Waals surface area contributed by atoms with Gasteiger partial charge >= 0.3 is 0 Å². The lowest BCUT2D eigenvalue weighted by atomic mass is 10.0. The first-order chi connectivity index (χ1) is 4.79. The summed E-state index contributed by atoms with van der Waals surface area (Å²) in [6, 6.07) is 4.14. The summed E-state index contributed by atoms with van der Waals surface area (Å²) in [5.41, 5.74) is 1.38. The monoisotopic (exact) mass is 152 g/mol. The van der Waals surface area contributed by atoms with Crippen LogP contribution in [0.1, 0.15) is 19.4 Å². The molecule has 0 aliphatic rings. The highest BCUT2D eigenvalue weighted by Gasteiger charge is 1.94. The molecule has 0 fully saturated rings.